The molecule has 4 rings (SSSR count). The van der Waals surface area contributed by atoms with Gasteiger partial charge in [0.2, 0.25) is 0 Å². The Morgan fingerprint density at radius 3 is 2.31 bits per heavy atom. The summed E-state index contributed by atoms with van der Waals surface area (Å²) in [5.74, 6) is -2.00. The number of carbonyl (C=O) groups excluding carboxylic acids is 2. The zero-order valence-corrected chi connectivity index (χ0v) is 21.8. The van der Waals surface area contributed by atoms with Crippen molar-refractivity contribution in [2.75, 3.05) is 11.4 Å². The van der Waals surface area contributed by atoms with Crippen LogP contribution in [0.2, 0.25) is 5.02 Å². The molecule has 0 aliphatic carbocycles. The molecule has 1 fully saturated rings. The summed E-state index contributed by atoms with van der Waals surface area (Å²) in [5.41, 5.74) is 4.54. The number of aryl methyl sites for hydroxylation is 2. The number of hydrogen-bond acceptors (Lipinski definition) is 4. The Bertz CT molecular complexity index is 1460. The molecular weight excluding hydrogens is 498 g/mol. The molecule has 1 saturated heterocycles. The summed E-state index contributed by atoms with van der Waals surface area (Å²) in [6.45, 7) is 7.74. The molecule has 184 valence electrons. The van der Waals surface area contributed by atoms with Crippen LogP contribution in [0.1, 0.15) is 39.8 Å². The molecule has 0 atom stereocenters. The first-order valence-electron chi connectivity index (χ1n) is 11.3. The number of hydrogen-bond donors (Lipinski definition) is 1. The third-order valence-electron chi connectivity index (χ3n) is 6.20. The van der Waals surface area contributed by atoms with Crippen molar-refractivity contribution in [2.24, 2.45) is 0 Å². The Kier molecular flexibility index (Phi) is 6.84. The van der Waals surface area contributed by atoms with Crippen molar-refractivity contribution in [3.63, 3.8) is 0 Å². The number of anilines is 1. The van der Waals surface area contributed by atoms with Crippen LogP contribution in [-0.4, -0.2) is 44.0 Å². The second-order valence-corrected chi connectivity index (χ2v) is 9.28. The van der Waals surface area contributed by atoms with Crippen LogP contribution in [0.3, 0.4) is 0 Å². The monoisotopic (exact) mass is 521 g/mol. The van der Waals surface area contributed by atoms with E-state index in [9.17, 15) is 19.5 Å². The molecule has 1 N–H and O–H groups in total. The van der Waals surface area contributed by atoms with E-state index < -0.39 is 17.8 Å². The zero-order chi connectivity index (χ0) is 26.3. The SMILES string of the molecule is CCN1C(=O)/C(=C\c2cc(C)n(-c3cc(C(=O)O)ccc3C)c2C)C(=O)N(c2ccc(Cl)cc2)C1=S. The van der Waals surface area contributed by atoms with E-state index in [2.05, 4.69) is 0 Å². The van der Waals surface area contributed by atoms with Crippen LogP contribution < -0.4 is 4.90 Å². The van der Waals surface area contributed by atoms with E-state index in [1.54, 1.807) is 55.5 Å². The summed E-state index contributed by atoms with van der Waals surface area (Å²) >= 11 is 11.5. The van der Waals surface area contributed by atoms with E-state index in [1.165, 1.54) is 9.80 Å². The van der Waals surface area contributed by atoms with Crippen molar-refractivity contribution in [2.45, 2.75) is 27.7 Å². The van der Waals surface area contributed by atoms with Crippen LogP contribution in [0, 0.1) is 20.8 Å². The molecule has 1 aliphatic rings. The standard InChI is InChI=1S/C27H24ClN3O4S/c1-5-29-24(32)22(25(33)31(27(29)36)21-10-8-20(28)9-11-21)13-19-12-16(3)30(17(19)4)23-14-18(26(34)35)7-6-15(23)2/h6-14H,5H2,1-4H3,(H,34,35)/b22-13+. The van der Waals surface area contributed by atoms with Crippen LogP contribution in [0.5, 0.6) is 0 Å². The minimum Gasteiger partial charge on any atom is -0.478 e. The van der Waals surface area contributed by atoms with Crippen LogP contribution in [-0.2, 0) is 9.59 Å². The van der Waals surface area contributed by atoms with Gasteiger partial charge in [0.1, 0.15) is 5.57 Å². The van der Waals surface area contributed by atoms with Gasteiger partial charge < -0.3 is 9.67 Å². The van der Waals surface area contributed by atoms with Gasteiger partial charge in [0.25, 0.3) is 11.8 Å². The topological polar surface area (TPSA) is 82.9 Å². The molecule has 0 saturated carbocycles. The molecule has 2 aromatic carbocycles. The van der Waals surface area contributed by atoms with Gasteiger partial charge in [-0.2, -0.15) is 0 Å². The van der Waals surface area contributed by atoms with E-state index in [1.807, 2.05) is 31.4 Å². The lowest BCUT2D eigenvalue weighted by molar-refractivity contribution is -0.127. The average Bonchev–Trinajstić information content (AvgIpc) is 3.11. The molecule has 0 spiro atoms. The van der Waals surface area contributed by atoms with Crippen LogP contribution in [0.4, 0.5) is 5.69 Å². The molecule has 7 nitrogen and oxygen atoms in total. The van der Waals surface area contributed by atoms with Crippen molar-refractivity contribution >= 4 is 58.5 Å². The van der Waals surface area contributed by atoms with Gasteiger partial charge in [-0.25, -0.2) is 4.79 Å². The van der Waals surface area contributed by atoms with Gasteiger partial charge >= 0.3 is 5.97 Å². The smallest absolute Gasteiger partial charge is 0.335 e. The summed E-state index contributed by atoms with van der Waals surface area (Å²) in [7, 11) is 0. The summed E-state index contributed by atoms with van der Waals surface area (Å²) in [5, 5.41) is 10.1. The third-order valence-corrected chi connectivity index (χ3v) is 6.85. The number of benzene rings is 2. The fraction of sp³-hybridized carbons (Fsp3) is 0.185. The van der Waals surface area contributed by atoms with E-state index >= 15 is 0 Å². The lowest BCUT2D eigenvalue weighted by Gasteiger charge is -2.36. The maximum absolute atomic E-state index is 13.6. The number of nitrogens with zero attached hydrogens (tertiary/aromatic N) is 3. The van der Waals surface area contributed by atoms with Gasteiger partial charge in [0.15, 0.2) is 5.11 Å². The maximum Gasteiger partial charge on any atom is 0.335 e. The zero-order valence-electron chi connectivity index (χ0n) is 20.2. The van der Waals surface area contributed by atoms with Crippen LogP contribution in [0.25, 0.3) is 11.8 Å². The van der Waals surface area contributed by atoms with E-state index in [-0.39, 0.29) is 16.2 Å². The number of carboxylic acid groups (broad SMARTS) is 1. The molecule has 36 heavy (non-hydrogen) atoms. The number of carboxylic acids is 1. The van der Waals surface area contributed by atoms with Gasteiger partial charge in [0, 0.05) is 28.6 Å². The Hall–Kier alpha value is -3.75. The summed E-state index contributed by atoms with van der Waals surface area (Å²) in [4.78, 5) is 41.1. The molecule has 2 amide bonds. The fourth-order valence-corrected chi connectivity index (χ4v) is 4.84. The number of aromatic carboxylic acids is 1. The fourth-order valence-electron chi connectivity index (χ4n) is 4.32. The van der Waals surface area contributed by atoms with Crippen molar-refractivity contribution < 1.29 is 19.5 Å². The quantitative estimate of drug-likeness (QED) is 0.279. The molecule has 0 unspecified atom stereocenters. The number of halogens is 1. The Morgan fingerprint density at radius 2 is 1.69 bits per heavy atom. The van der Waals surface area contributed by atoms with E-state index in [0.717, 1.165) is 22.6 Å². The minimum absolute atomic E-state index is 0.0170. The average molecular weight is 522 g/mol. The number of thiocarbonyl (C=S) groups is 1. The highest BCUT2D eigenvalue weighted by molar-refractivity contribution is 7.80. The number of rotatable bonds is 5. The van der Waals surface area contributed by atoms with Gasteiger partial charge in [-0.1, -0.05) is 17.7 Å². The summed E-state index contributed by atoms with van der Waals surface area (Å²) in [6.07, 6.45) is 1.58. The molecule has 1 aliphatic heterocycles. The summed E-state index contributed by atoms with van der Waals surface area (Å²) in [6, 6.07) is 13.5. The molecule has 0 bridgehead atoms. The first kappa shape index (κ1) is 25.3. The lowest BCUT2D eigenvalue weighted by atomic mass is 10.1. The van der Waals surface area contributed by atoms with Gasteiger partial charge in [-0.05, 0) is 99.6 Å². The highest BCUT2D eigenvalue weighted by Crippen LogP contribution is 2.30. The molecule has 3 aromatic rings. The van der Waals surface area contributed by atoms with Crippen LogP contribution >= 0.6 is 23.8 Å². The molecule has 1 aromatic heterocycles. The third kappa shape index (κ3) is 4.34. The van der Waals surface area contributed by atoms with E-state index in [0.29, 0.717) is 22.8 Å². The highest BCUT2D eigenvalue weighted by Gasteiger charge is 2.39. The van der Waals surface area contributed by atoms with Crippen molar-refractivity contribution in [3.8, 4) is 5.69 Å². The van der Waals surface area contributed by atoms with Crippen molar-refractivity contribution in [1.29, 1.82) is 0 Å². The maximum atomic E-state index is 13.6. The van der Waals surface area contributed by atoms with Crippen molar-refractivity contribution in [3.05, 3.63) is 87.2 Å². The van der Waals surface area contributed by atoms with Crippen LogP contribution in [0.15, 0.2) is 54.1 Å². The Morgan fingerprint density at radius 1 is 1.03 bits per heavy atom. The number of amides is 2. The predicted octanol–water partition coefficient (Wildman–Crippen LogP) is 5.32. The number of aromatic nitrogens is 1. The minimum atomic E-state index is -1.02. The molecule has 0 radical (unpaired) electrons. The first-order chi connectivity index (χ1) is 17.0. The Labute approximate surface area is 219 Å². The van der Waals surface area contributed by atoms with Gasteiger partial charge in [0.05, 0.1) is 11.3 Å². The highest BCUT2D eigenvalue weighted by atomic mass is 35.5. The summed E-state index contributed by atoms with van der Waals surface area (Å²) < 4.78 is 1.92. The molecule has 2 heterocycles. The lowest BCUT2D eigenvalue weighted by Crippen LogP contribution is -2.56. The van der Waals surface area contributed by atoms with Gasteiger partial charge in [-0.15, -0.1) is 0 Å². The van der Waals surface area contributed by atoms with Gasteiger partial charge in [-0.3, -0.25) is 19.4 Å². The Balaban J connectivity index is 1.84. The molecular formula is C27H24ClN3O4S. The number of carbonyl (C=O) groups is 3. The predicted molar refractivity (Wildman–Crippen MR) is 144 cm³/mol. The second kappa shape index (κ2) is 9.72. The second-order valence-electron chi connectivity index (χ2n) is 8.48. The molecule has 9 heteroatoms. The normalized spacial score (nSPS) is 15.2. The number of likely N-dealkylation sites (N-methyl/N-ethyl adjacent to an activating group) is 1. The largest absolute Gasteiger partial charge is 0.478 e. The van der Waals surface area contributed by atoms with E-state index in [4.69, 9.17) is 23.8 Å². The van der Waals surface area contributed by atoms with Crippen molar-refractivity contribution in [1.82, 2.24) is 9.47 Å². The first-order valence-corrected chi connectivity index (χ1v) is 12.0.